The number of rotatable bonds is 3. The predicted octanol–water partition coefficient (Wildman–Crippen LogP) is -0.204. The van der Waals surface area contributed by atoms with Crippen LogP contribution in [0.4, 0.5) is 5.13 Å². The third kappa shape index (κ3) is 3.46. The van der Waals surface area contributed by atoms with Crippen LogP contribution in [0.1, 0.15) is 21.1 Å². The zero-order valence-electron chi connectivity index (χ0n) is 12.1. The number of hydrogen-bond donors (Lipinski definition) is 2. The van der Waals surface area contributed by atoms with Crippen LogP contribution in [0.25, 0.3) is 0 Å². The lowest BCUT2D eigenvalue weighted by Crippen LogP contribution is -2.34. The van der Waals surface area contributed by atoms with Crippen LogP contribution >= 0.6 is 11.3 Å². The van der Waals surface area contributed by atoms with E-state index in [2.05, 4.69) is 20.5 Å². The Labute approximate surface area is 135 Å². The summed E-state index contributed by atoms with van der Waals surface area (Å²) in [5.41, 5.74) is 0.460. The van der Waals surface area contributed by atoms with E-state index in [1.807, 2.05) is 0 Å². The van der Waals surface area contributed by atoms with E-state index in [1.54, 1.807) is 0 Å². The second kappa shape index (κ2) is 5.83. The molecule has 122 valence electrons. The van der Waals surface area contributed by atoms with Crippen molar-refractivity contribution in [2.45, 2.75) is 13.0 Å². The molecule has 2 aromatic rings. The molecule has 2 aromatic heterocycles. The summed E-state index contributed by atoms with van der Waals surface area (Å²) in [7, 11) is -3.25. The predicted molar refractivity (Wildman–Crippen MR) is 83.9 cm³/mol. The molecule has 0 radical (unpaired) electrons. The molecule has 9 nitrogen and oxygen atoms in total. The number of H-pyrrole nitrogens is 1. The summed E-state index contributed by atoms with van der Waals surface area (Å²) in [5, 5.41) is 8.80. The summed E-state index contributed by atoms with van der Waals surface area (Å²) in [6.45, 7) is 0.642. The largest absolute Gasteiger partial charge is 0.296 e. The van der Waals surface area contributed by atoms with Crippen molar-refractivity contribution in [1.29, 1.82) is 0 Å². The molecule has 11 heteroatoms. The lowest BCUT2D eigenvalue weighted by molar-refractivity contribution is 0.102. The number of amides is 1. The second-order valence-electron chi connectivity index (χ2n) is 5.00. The Morgan fingerprint density at radius 3 is 2.87 bits per heavy atom. The number of aromatic amines is 1. The van der Waals surface area contributed by atoms with Crippen LogP contribution in [-0.2, 0) is 23.0 Å². The maximum atomic E-state index is 12.0. The van der Waals surface area contributed by atoms with Gasteiger partial charge >= 0.3 is 0 Å². The fourth-order valence-electron chi connectivity index (χ4n) is 2.14. The van der Waals surface area contributed by atoms with Crippen LogP contribution in [0.15, 0.2) is 16.9 Å². The molecule has 0 aromatic carbocycles. The molecule has 2 N–H and O–H groups in total. The van der Waals surface area contributed by atoms with Crippen molar-refractivity contribution in [1.82, 2.24) is 19.5 Å². The first kappa shape index (κ1) is 15.8. The number of aromatic nitrogens is 3. The molecule has 3 heterocycles. The number of fused-ring (bicyclic) bond motifs is 1. The molecular weight excluding hydrogens is 342 g/mol. The average molecular weight is 355 g/mol. The molecule has 1 aliphatic heterocycles. The molecule has 0 saturated carbocycles. The molecule has 1 amide bonds. The summed E-state index contributed by atoms with van der Waals surface area (Å²) in [6, 6.07) is 2.52. The number of carbonyl (C=O) groups is 1. The molecule has 3 rings (SSSR count). The van der Waals surface area contributed by atoms with Crippen LogP contribution in [0.5, 0.6) is 0 Å². The molecule has 0 fully saturated rings. The van der Waals surface area contributed by atoms with Crippen LogP contribution in [0.3, 0.4) is 0 Å². The zero-order valence-corrected chi connectivity index (χ0v) is 13.7. The maximum absolute atomic E-state index is 12.0. The van der Waals surface area contributed by atoms with Crippen molar-refractivity contribution in [2.75, 3.05) is 18.1 Å². The quantitative estimate of drug-likeness (QED) is 0.785. The summed E-state index contributed by atoms with van der Waals surface area (Å²) < 4.78 is 24.6. The highest BCUT2D eigenvalue weighted by molar-refractivity contribution is 7.88. The van der Waals surface area contributed by atoms with E-state index in [-0.39, 0.29) is 12.2 Å². The molecule has 0 bridgehead atoms. The topological polar surface area (TPSA) is 125 Å². The van der Waals surface area contributed by atoms with Gasteiger partial charge in [0.2, 0.25) is 10.0 Å². The van der Waals surface area contributed by atoms with E-state index < -0.39 is 21.5 Å². The Hall–Kier alpha value is -2.11. The third-order valence-electron chi connectivity index (χ3n) is 3.30. The van der Waals surface area contributed by atoms with Crippen molar-refractivity contribution in [3.8, 4) is 0 Å². The Bertz CT molecular complexity index is 897. The van der Waals surface area contributed by atoms with Crippen molar-refractivity contribution < 1.29 is 13.2 Å². The molecule has 23 heavy (non-hydrogen) atoms. The van der Waals surface area contributed by atoms with Gasteiger partial charge in [-0.25, -0.2) is 18.5 Å². The fourth-order valence-corrected chi connectivity index (χ4v) is 4.03. The highest BCUT2D eigenvalue weighted by Gasteiger charge is 2.26. The maximum Gasteiger partial charge on any atom is 0.277 e. The number of hydrogen-bond acceptors (Lipinski definition) is 7. The number of anilines is 1. The fraction of sp³-hybridized carbons (Fsp3) is 0.333. The first-order chi connectivity index (χ1) is 10.8. The number of nitrogens with one attached hydrogen (secondary N) is 2. The normalized spacial score (nSPS) is 15.2. The van der Waals surface area contributed by atoms with Gasteiger partial charge in [-0.3, -0.25) is 14.9 Å². The van der Waals surface area contributed by atoms with Gasteiger partial charge in [0, 0.05) is 30.5 Å². The number of nitrogens with zero attached hydrogens (tertiary/aromatic N) is 3. The molecule has 0 aliphatic carbocycles. The van der Waals surface area contributed by atoms with Gasteiger partial charge in [-0.1, -0.05) is 0 Å². The van der Waals surface area contributed by atoms with E-state index in [0.717, 1.165) is 10.6 Å². The Kier molecular flexibility index (Phi) is 4.00. The SMILES string of the molecule is CS(=O)(=O)N1CCc2nc(NC(=O)c3ccc(=O)[nH]n3)sc2C1. The van der Waals surface area contributed by atoms with Crippen LogP contribution in [-0.4, -0.2) is 46.6 Å². The zero-order chi connectivity index (χ0) is 16.6. The smallest absolute Gasteiger partial charge is 0.277 e. The van der Waals surface area contributed by atoms with E-state index in [4.69, 9.17) is 0 Å². The second-order valence-corrected chi connectivity index (χ2v) is 8.06. The van der Waals surface area contributed by atoms with Gasteiger partial charge in [0.05, 0.1) is 11.9 Å². The lowest BCUT2D eigenvalue weighted by Gasteiger charge is -2.23. The van der Waals surface area contributed by atoms with Crippen molar-refractivity contribution in [3.63, 3.8) is 0 Å². The lowest BCUT2D eigenvalue weighted by atomic mass is 10.2. The third-order valence-corrected chi connectivity index (χ3v) is 5.54. The van der Waals surface area contributed by atoms with Crippen molar-refractivity contribution >= 4 is 32.4 Å². The molecule has 0 saturated heterocycles. The molecule has 0 spiro atoms. The first-order valence-electron chi connectivity index (χ1n) is 6.64. The summed E-state index contributed by atoms with van der Waals surface area (Å²) in [6.07, 6.45) is 1.68. The van der Waals surface area contributed by atoms with Gasteiger partial charge < -0.3 is 0 Å². The standard InChI is InChI=1S/C12H13N5O4S2/c1-23(20,21)17-5-4-7-9(6-17)22-12(13-7)14-11(19)8-2-3-10(18)16-15-8/h2-3H,4-6H2,1H3,(H,16,18)(H,13,14,19). The minimum absolute atomic E-state index is 0.0653. The Morgan fingerprint density at radius 2 is 2.22 bits per heavy atom. The Balaban J connectivity index is 1.76. The number of thiazole rings is 1. The van der Waals surface area contributed by atoms with Gasteiger partial charge in [-0.15, -0.1) is 11.3 Å². The molecule has 0 unspecified atom stereocenters. The van der Waals surface area contributed by atoms with Crippen molar-refractivity contribution in [2.24, 2.45) is 0 Å². The monoisotopic (exact) mass is 355 g/mol. The minimum Gasteiger partial charge on any atom is -0.296 e. The summed E-state index contributed by atoms with van der Waals surface area (Å²) >= 11 is 1.23. The summed E-state index contributed by atoms with van der Waals surface area (Å²) in [4.78, 5) is 28.1. The number of sulfonamides is 1. The van der Waals surface area contributed by atoms with E-state index in [1.165, 1.54) is 34.0 Å². The average Bonchev–Trinajstić information content (AvgIpc) is 2.88. The first-order valence-corrected chi connectivity index (χ1v) is 9.30. The molecular formula is C12H13N5O4S2. The van der Waals surface area contributed by atoms with Gasteiger partial charge in [0.15, 0.2) is 5.13 Å². The highest BCUT2D eigenvalue weighted by Crippen LogP contribution is 2.29. The molecule has 1 aliphatic rings. The number of carbonyl (C=O) groups excluding carboxylic acids is 1. The van der Waals surface area contributed by atoms with Crippen LogP contribution in [0.2, 0.25) is 0 Å². The van der Waals surface area contributed by atoms with Crippen molar-refractivity contribution in [3.05, 3.63) is 38.8 Å². The van der Waals surface area contributed by atoms with E-state index >= 15 is 0 Å². The summed E-state index contributed by atoms with van der Waals surface area (Å²) in [5.74, 6) is -0.493. The van der Waals surface area contributed by atoms with Gasteiger partial charge in [0.25, 0.3) is 11.5 Å². The van der Waals surface area contributed by atoms with Crippen LogP contribution in [0, 0.1) is 0 Å². The Morgan fingerprint density at radius 1 is 1.43 bits per heavy atom. The van der Waals surface area contributed by atoms with Gasteiger partial charge in [-0.05, 0) is 6.07 Å². The van der Waals surface area contributed by atoms with Gasteiger partial charge in [-0.2, -0.15) is 9.40 Å². The van der Waals surface area contributed by atoms with Crippen LogP contribution < -0.4 is 10.9 Å². The highest BCUT2D eigenvalue weighted by atomic mass is 32.2. The molecule has 0 atom stereocenters. The minimum atomic E-state index is -3.25. The van der Waals surface area contributed by atoms with E-state index in [0.29, 0.717) is 18.1 Å². The van der Waals surface area contributed by atoms with E-state index in [9.17, 15) is 18.0 Å². The van der Waals surface area contributed by atoms with Gasteiger partial charge in [0.1, 0.15) is 5.69 Å².